The molecule has 0 amide bonds. The number of hydrogen-bond donors (Lipinski definition) is 0. The van der Waals surface area contributed by atoms with Crippen LogP contribution >= 0.6 is 11.3 Å². The van der Waals surface area contributed by atoms with Crippen LogP contribution in [-0.2, 0) is 0 Å². The second kappa shape index (κ2) is 9.74. The zero-order chi connectivity index (χ0) is 31.3. The number of fused-ring (bicyclic) bond motifs is 9. The molecule has 0 saturated carbocycles. The van der Waals surface area contributed by atoms with Crippen LogP contribution in [-0.4, -0.2) is 9.55 Å². The van der Waals surface area contributed by atoms with Gasteiger partial charge in [-0.2, -0.15) is 0 Å². The normalized spacial score (nSPS) is 12.2. The van der Waals surface area contributed by atoms with E-state index in [0.29, 0.717) is 0 Å². The van der Waals surface area contributed by atoms with Gasteiger partial charge in [-0.15, -0.1) is 11.3 Å². The molecule has 222 valence electrons. The topological polar surface area (TPSA) is 17.8 Å². The minimum atomic E-state index is 1.02. The minimum Gasteiger partial charge on any atom is -0.309 e. The van der Waals surface area contributed by atoms with E-state index in [1.165, 1.54) is 86.1 Å². The minimum absolute atomic E-state index is 1.02. The number of nitrogens with zero attached hydrogens (tertiary/aromatic N) is 2. The van der Waals surface area contributed by atoms with E-state index in [4.69, 9.17) is 4.98 Å². The van der Waals surface area contributed by atoms with Crippen molar-refractivity contribution in [3.05, 3.63) is 158 Å². The van der Waals surface area contributed by atoms with Crippen LogP contribution in [0.1, 0.15) is 0 Å². The first kappa shape index (κ1) is 26.1. The van der Waals surface area contributed by atoms with Crippen molar-refractivity contribution < 1.29 is 0 Å². The molecule has 1 aliphatic rings. The Bertz CT molecular complexity index is 2920. The van der Waals surface area contributed by atoms with Gasteiger partial charge in [-0.1, -0.05) is 97.1 Å². The van der Waals surface area contributed by atoms with Gasteiger partial charge in [-0.3, -0.25) is 4.98 Å². The smallest absolute Gasteiger partial charge is 0.0781 e. The summed E-state index contributed by atoms with van der Waals surface area (Å²) in [5, 5.41) is 7.61. The van der Waals surface area contributed by atoms with Crippen LogP contribution in [0.25, 0.3) is 103 Å². The molecule has 3 heteroatoms. The first-order valence-corrected chi connectivity index (χ1v) is 17.2. The van der Waals surface area contributed by atoms with Crippen molar-refractivity contribution in [2.75, 3.05) is 0 Å². The van der Waals surface area contributed by atoms with Crippen LogP contribution in [0.2, 0.25) is 0 Å². The van der Waals surface area contributed by atoms with Gasteiger partial charge in [-0.25, -0.2) is 0 Å². The summed E-state index contributed by atoms with van der Waals surface area (Å²) < 4.78 is 5.05. The molecule has 0 N–H and O–H groups in total. The van der Waals surface area contributed by atoms with E-state index in [9.17, 15) is 0 Å². The lowest BCUT2D eigenvalue weighted by Gasteiger charge is -2.10. The maximum absolute atomic E-state index is 5.14. The standard InChI is InChI=1S/C45H26N2S/c1-2-9-30(10-3-1)47-40-20-17-27(28-19-22-43-38(24-28)33-13-6-7-16-42(33)48-43)23-36(40)37-25-29(18-21-41(37)47)45-35-15-8-14-34-31-11-4-5-12-32(31)39(26-46-45)44(34)35/h1-26H. The molecule has 11 rings (SSSR count). The molecule has 7 aromatic carbocycles. The Morgan fingerprint density at radius 2 is 1.02 bits per heavy atom. The lowest BCUT2D eigenvalue weighted by atomic mass is 9.97. The molecule has 0 spiro atoms. The van der Waals surface area contributed by atoms with Crippen molar-refractivity contribution in [2.24, 2.45) is 0 Å². The Balaban J connectivity index is 1.15. The Labute approximate surface area is 280 Å². The molecule has 10 aromatic rings. The van der Waals surface area contributed by atoms with E-state index in [0.717, 1.165) is 16.9 Å². The van der Waals surface area contributed by atoms with Gasteiger partial charge in [0.05, 0.1) is 16.7 Å². The van der Waals surface area contributed by atoms with E-state index >= 15 is 0 Å². The predicted molar refractivity (Wildman–Crippen MR) is 204 cm³/mol. The molecule has 0 bridgehead atoms. The van der Waals surface area contributed by atoms with Crippen molar-refractivity contribution in [1.82, 2.24) is 9.55 Å². The molecule has 0 saturated heterocycles. The third-order valence-corrected chi connectivity index (χ3v) is 11.3. The summed E-state index contributed by atoms with van der Waals surface area (Å²) in [6.07, 6.45) is 2.08. The Morgan fingerprint density at radius 1 is 0.417 bits per heavy atom. The van der Waals surface area contributed by atoms with Crippen LogP contribution in [0.3, 0.4) is 0 Å². The van der Waals surface area contributed by atoms with E-state index in [1.807, 2.05) is 11.3 Å². The monoisotopic (exact) mass is 626 g/mol. The van der Waals surface area contributed by atoms with Gasteiger partial charge in [0.25, 0.3) is 0 Å². The van der Waals surface area contributed by atoms with Crippen molar-refractivity contribution >= 4 is 64.1 Å². The third kappa shape index (κ3) is 3.59. The van der Waals surface area contributed by atoms with E-state index in [-0.39, 0.29) is 0 Å². The Kier molecular flexibility index (Phi) is 5.29. The zero-order valence-electron chi connectivity index (χ0n) is 25.8. The first-order chi connectivity index (χ1) is 23.8. The lowest BCUT2D eigenvalue weighted by Crippen LogP contribution is -1.93. The maximum atomic E-state index is 5.14. The summed E-state index contributed by atoms with van der Waals surface area (Å²) in [5.41, 5.74) is 13.2. The Hall–Kier alpha value is -6.03. The van der Waals surface area contributed by atoms with Gasteiger partial charge in [0.15, 0.2) is 0 Å². The Morgan fingerprint density at radius 3 is 1.85 bits per heavy atom. The second-order valence-electron chi connectivity index (χ2n) is 12.7. The molecule has 48 heavy (non-hydrogen) atoms. The number of hydrogen-bond acceptors (Lipinski definition) is 2. The number of rotatable bonds is 3. The summed E-state index contributed by atoms with van der Waals surface area (Å²) in [6, 6.07) is 55.5. The van der Waals surface area contributed by atoms with Crippen molar-refractivity contribution in [2.45, 2.75) is 0 Å². The highest BCUT2D eigenvalue weighted by Crippen LogP contribution is 2.49. The third-order valence-electron chi connectivity index (χ3n) is 10.2. The number of pyridine rings is 1. The average Bonchev–Trinajstić information content (AvgIpc) is 3.80. The molecule has 3 heterocycles. The van der Waals surface area contributed by atoms with Gasteiger partial charge in [-0.05, 0) is 82.4 Å². The van der Waals surface area contributed by atoms with Crippen molar-refractivity contribution in [3.63, 3.8) is 0 Å². The van der Waals surface area contributed by atoms with Crippen molar-refractivity contribution in [1.29, 1.82) is 0 Å². The fourth-order valence-electron chi connectivity index (χ4n) is 8.03. The molecule has 2 nitrogen and oxygen atoms in total. The second-order valence-corrected chi connectivity index (χ2v) is 13.8. The number of benzene rings is 7. The van der Waals surface area contributed by atoms with E-state index in [1.54, 1.807) is 0 Å². The highest BCUT2D eigenvalue weighted by atomic mass is 32.1. The van der Waals surface area contributed by atoms with Gasteiger partial charge in [0, 0.05) is 64.7 Å². The summed E-state index contributed by atoms with van der Waals surface area (Å²) in [4.78, 5) is 5.14. The molecule has 0 fully saturated rings. The molecular weight excluding hydrogens is 601 g/mol. The summed E-state index contributed by atoms with van der Waals surface area (Å²) in [6.45, 7) is 0. The first-order valence-electron chi connectivity index (χ1n) is 16.4. The van der Waals surface area contributed by atoms with Gasteiger partial charge in [0.2, 0.25) is 0 Å². The zero-order valence-corrected chi connectivity index (χ0v) is 26.6. The fourth-order valence-corrected chi connectivity index (χ4v) is 9.11. The van der Waals surface area contributed by atoms with Crippen LogP contribution in [0.4, 0.5) is 0 Å². The van der Waals surface area contributed by atoms with Gasteiger partial charge >= 0.3 is 0 Å². The van der Waals surface area contributed by atoms with E-state index < -0.39 is 0 Å². The number of thiophene rings is 1. The predicted octanol–water partition coefficient (Wildman–Crippen LogP) is 12.7. The molecular formula is C45H26N2S. The van der Waals surface area contributed by atoms with Crippen LogP contribution in [0.5, 0.6) is 0 Å². The SMILES string of the molecule is c1ccc(-n2c3ccc(-c4ccc5sc6ccccc6c5c4)cc3c3cc(-c4ncc5c6c(cccc46)-c4ccccc4-5)ccc32)cc1. The average molecular weight is 627 g/mol. The van der Waals surface area contributed by atoms with Crippen LogP contribution < -0.4 is 0 Å². The van der Waals surface area contributed by atoms with Gasteiger partial charge < -0.3 is 4.57 Å². The summed E-state index contributed by atoms with van der Waals surface area (Å²) in [7, 11) is 0. The van der Waals surface area contributed by atoms with E-state index in [2.05, 4.69) is 162 Å². The fraction of sp³-hybridized carbons (Fsp3) is 0. The molecule has 0 unspecified atom stereocenters. The lowest BCUT2D eigenvalue weighted by molar-refractivity contribution is 1.18. The largest absolute Gasteiger partial charge is 0.309 e. The van der Waals surface area contributed by atoms with Gasteiger partial charge in [0.1, 0.15) is 0 Å². The summed E-state index contributed by atoms with van der Waals surface area (Å²) in [5.74, 6) is 0. The molecule has 1 aliphatic carbocycles. The highest BCUT2D eigenvalue weighted by Gasteiger charge is 2.23. The molecule has 0 aliphatic heterocycles. The quantitative estimate of drug-likeness (QED) is 0.191. The maximum Gasteiger partial charge on any atom is 0.0781 e. The molecule has 0 radical (unpaired) electrons. The number of para-hydroxylation sites is 1. The van der Waals surface area contributed by atoms with Crippen LogP contribution in [0, 0.1) is 0 Å². The van der Waals surface area contributed by atoms with Crippen LogP contribution in [0.15, 0.2) is 158 Å². The highest BCUT2D eigenvalue weighted by molar-refractivity contribution is 7.25. The molecule has 0 atom stereocenters. The molecule has 3 aromatic heterocycles. The van der Waals surface area contributed by atoms with Crippen molar-refractivity contribution in [3.8, 4) is 50.3 Å². The summed E-state index contributed by atoms with van der Waals surface area (Å²) >= 11 is 1.86. The number of aromatic nitrogens is 2.